The zero-order chi connectivity index (χ0) is 20.6. The van der Waals surface area contributed by atoms with Crippen LogP contribution in [0.2, 0.25) is 10.0 Å². The largest absolute Gasteiger partial charge is 0.410 e. The normalized spacial score (nSPS) is 19.3. The molecule has 1 aromatic heterocycles. The molecule has 1 aliphatic heterocycles. The lowest BCUT2D eigenvalue weighted by molar-refractivity contribution is -0.173. The van der Waals surface area contributed by atoms with Gasteiger partial charge in [0.2, 0.25) is 0 Å². The van der Waals surface area contributed by atoms with Gasteiger partial charge in [-0.25, -0.2) is 4.68 Å². The van der Waals surface area contributed by atoms with Crippen molar-refractivity contribution in [1.82, 2.24) is 15.1 Å². The Morgan fingerprint density at radius 3 is 2.64 bits per heavy atom. The van der Waals surface area contributed by atoms with Crippen molar-refractivity contribution in [2.45, 2.75) is 38.5 Å². The van der Waals surface area contributed by atoms with E-state index in [-0.39, 0.29) is 28.9 Å². The summed E-state index contributed by atoms with van der Waals surface area (Å²) in [6, 6.07) is 3.52. The molecule has 2 atom stereocenters. The van der Waals surface area contributed by atoms with E-state index < -0.39 is 24.2 Å². The van der Waals surface area contributed by atoms with Crippen molar-refractivity contribution in [3.63, 3.8) is 0 Å². The van der Waals surface area contributed by atoms with Gasteiger partial charge < -0.3 is 10.6 Å². The van der Waals surface area contributed by atoms with E-state index in [2.05, 4.69) is 15.7 Å². The van der Waals surface area contributed by atoms with Gasteiger partial charge in [0.05, 0.1) is 16.1 Å². The van der Waals surface area contributed by atoms with E-state index in [4.69, 9.17) is 23.2 Å². The van der Waals surface area contributed by atoms with E-state index in [0.717, 1.165) is 4.68 Å². The van der Waals surface area contributed by atoms with Crippen molar-refractivity contribution in [3.05, 3.63) is 45.6 Å². The molecule has 2 heterocycles. The third-order valence-corrected chi connectivity index (χ3v) is 5.18. The van der Waals surface area contributed by atoms with Gasteiger partial charge in [0.1, 0.15) is 5.82 Å². The summed E-state index contributed by atoms with van der Waals surface area (Å²) >= 11 is 11.9. The van der Waals surface area contributed by atoms with Crippen molar-refractivity contribution in [2.75, 3.05) is 11.9 Å². The minimum absolute atomic E-state index is 0.0628. The number of carbonyl (C=O) groups excluding carboxylic acids is 1. The third kappa shape index (κ3) is 4.38. The van der Waals surface area contributed by atoms with Gasteiger partial charge in [-0.05, 0) is 23.6 Å². The molecule has 152 valence electrons. The number of halogens is 5. The SMILES string of the molecule is CC(C)CNC(=O)c1cc2n(n1)[C@H](C(F)(F)F)C[C@@H](c1ccc(Cl)c(Cl)c1)N2. The van der Waals surface area contributed by atoms with E-state index in [9.17, 15) is 18.0 Å². The predicted molar refractivity (Wildman–Crippen MR) is 102 cm³/mol. The zero-order valence-corrected chi connectivity index (χ0v) is 16.7. The van der Waals surface area contributed by atoms with E-state index in [1.165, 1.54) is 12.1 Å². The molecule has 0 radical (unpaired) electrons. The maximum absolute atomic E-state index is 13.7. The van der Waals surface area contributed by atoms with Gasteiger partial charge in [-0.15, -0.1) is 0 Å². The first-order chi connectivity index (χ1) is 13.1. The first-order valence-corrected chi connectivity index (χ1v) is 9.47. The number of hydrogen-bond acceptors (Lipinski definition) is 3. The van der Waals surface area contributed by atoms with Crippen LogP contribution in [0.1, 0.15) is 48.4 Å². The number of anilines is 1. The minimum Gasteiger partial charge on any atom is -0.363 e. The highest BCUT2D eigenvalue weighted by molar-refractivity contribution is 6.42. The molecule has 1 aliphatic rings. The number of amides is 1. The zero-order valence-electron chi connectivity index (χ0n) is 15.1. The molecule has 0 fully saturated rings. The highest BCUT2D eigenvalue weighted by Gasteiger charge is 2.46. The second-order valence-corrected chi connectivity index (χ2v) is 7.94. The fourth-order valence-electron chi connectivity index (χ4n) is 3.02. The van der Waals surface area contributed by atoms with Crippen LogP contribution < -0.4 is 10.6 Å². The summed E-state index contributed by atoms with van der Waals surface area (Å²) in [5.74, 6) is -0.176. The molecule has 1 aromatic carbocycles. The molecule has 2 aromatic rings. The van der Waals surface area contributed by atoms with Gasteiger partial charge in [-0.1, -0.05) is 43.1 Å². The van der Waals surface area contributed by atoms with Crippen LogP contribution in [-0.4, -0.2) is 28.4 Å². The number of carbonyl (C=O) groups is 1. The van der Waals surface area contributed by atoms with Gasteiger partial charge in [0, 0.05) is 19.0 Å². The van der Waals surface area contributed by atoms with Crippen LogP contribution >= 0.6 is 23.2 Å². The maximum atomic E-state index is 13.7. The molecule has 0 saturated carbocycles. The summed E-state index contributed by atoms with van der Waals surface area (Å²) in [5.41, 5.74) is 0.508. The number of alkyl halides is 3. The lowest BCUT2D eigenvalue weighted by Crippen LogP contribution is -2.36. The van der Waals surface area contributed by atoms with Gasteiger partial charge in [0.25, 0.3) is 5.91 Å². The average molecular weight is 435 g/mol. The second kappa shape index (κ2) is 7.83. The monoisotopic (exact) mass is 434 g/mol. The molecule has 0 aliphatic carbocycles. The molecule has 10 heteroatoms. The van der Waals surface area contributed by atoms with Crippen molar-refractivity contribution in [2.24, 2.45) is 5.92 Å². The standard InChI is InChI=1S/C18H19Cl2F3N4O/c1-9(2)8-24-17(28)14-7-16-25-13(10-3-4-11(19)12(20)5-10)6-15(18(21,22)23)27(16)26-14/h3-5,7,9,13,15,25H,6,8H2,1-2H3,(H,24,28)/t13-,15-/m0/s1. The molecular formula is C18H19Cl2F3N4O. The Hall–Kier alpha value is -1.93. The Bertz CT molecular complexity index is 882. The summed E-state index contributed by atoms with van der Waals surface area (Å²) in [4.78, 5) is 12.2. The topological polar surface area (TPSA) is 59.0 Å². The first kappa shape index (κ1) is 20.8. The summed E-state index contributed by atoms with van der Waals surface area (Å²) in [6.45, 7) is 4.24. The number of benzene rings is 1. The number of nitrogens with zero attached hydrogens (tertiary/aromatic N) is 2. The molecule has 0 bridgehead atoms. The molecule has 0 unspecified atom stereocenters. The van der Waals surface area contributed by atoms with Crippen molar-refractivity contribution in [3.8, 4) is 0 Å². The van der Waals surface area contributed by atoms with E-state index in [1.807, 2.05) is 13.8 Å². The number of nitrogens with one attached hydrogen (secondary N) is 2. The molecule has 0 spiro atoms. The Kier molecular flexibility index (Phi) is 5.82. The Labute approximate surface area is 170 Å². The summed E-state index contributed by atoms with van der Waals surface area (Å²) in [6.07, 6.45) is -4.81. The van der Waals surface area contributed by atoms with Gasteiger partial charge in [-0.3, -0.25) is 4.79 Å². The molecule has 1 amide bonds. The van der Waals surface area contributed by atoms with Crippen molar-refractivity contribution >= 4 is 34.9 Å². The summed E-state index contributed by atoms with van der Waals surface area (Å²) in [5, 5.41) is 10.2. The fourth-order valence-corrected chi connectivity index (χ4v) is 3.33. The van der Waals surface area contributed by atoms with Crippen LogP contribution in [0.15, 0.2) is 24.3 Å². The fraction of sp³-hybridized carbons (Fsp3) is 0.444. The van der Waals surface area contributed by atoms with Crippen LogP contribution in [-0.2, 0) is 0 Å². The highest BCUT2D eigenvalue weighted by atomic mass is 35.5. The average Bonchev–Trinajstić information content (AvgIpc) is 3.04. The van der Waals surface area contributed by atoms with E-state index in [0.29, 0.717) is 17.1 Å². The van der Waals surface area contributed by atoms with Crippen LogP contribution in [0, 0.1) is 5.92 Å². The van der Waals surface area contributed by atoms with Gasteiger partial charge >= 0.3 is 6.18 Å². The Morgan fingerprint density at radius 2 is 2.04 bits per heavy atom. The second-order valence-electron chi connectivity index (χ2n) is 7.13. The Balaban J connectivity index is 1.93. The smallest absolute Gasteiger partial charge is 0.363 e. The van der Waals surface area contributed by atoms with E-state index in [1.54, 1.807) is 12.1 Å². The van der Waals surface area contributed by atoms with Gasteiger partial charge in [0.15, 0.2) is 11.7 Å². The highest BCUT2D eigenvalue weighted by Crippen LogP contribution is 2.44. The summed E-state index contributed by atoms with van der Waals surface area (Å²) in [7, 11) is 0. The number of rotatable bonds is 4. The van der Waals surface area contributed by atoms with Crippen LogP contribution in [0.5, 0.6) is 0 Å². The summed E-state index contributed by atoms with van der Waals surface area (Å²) < 4.78 is 41.9. The lowest BCUT2D eigenvalue weighted by atomic mass is 9.97. The Morgan fingerprint density at radius 1 is 1.32 bits per heavy atom. The molecule has 0 saturated heterocycles. The number of fused-ring (bicyclic) bond motifs is 1. The number of hydrogen-bond donors (Lipinski definition) is 2. The quantitative estimate of drug-likeness (QED) is 0.691. The molecule has 2 N–H and O–H groups in total. The molecule has 3 rings (SSSR count). The maximum Gasteiger partial charge on any atom is 0.410 e. The first-order valence-electron chi connectivity index (χ1n) is 8.72. The van der Waals surface area contributed by atoms with Crippen LogP contribution in [0.25, 0.3) is 0 Å². The van der Waals surface area contributed by atoms with Crippen molar-refractivity contribution in [1.29, 1.82) is 0 Å². The van der Waals surface area contributed by atoms with Crippen molar-refractivity contribution < 1.29 is 18.0 Å². The predicted octanol–water partition coefficient (Wildman–Crippen LogP) is 5.24. The lowest BCUT2D eigenvalue weighted by Gasteiger charge is -2.33. The molecule has 28 heavy (non-hydrogen) atoms. The van der Waals surface area contributed by atoms with Crippen LogP contribution in [0.3, 0.4) is 0 Å². The molecule has 5 nitrogen and oxygen atoms in total. The molecular weight excluding hydrogens is 416 g/mol. The minimum atomic E-state index is -4.52. The third-order valence-electron chi connectivity index (χ3n) is 4.44. The van der Waals surface area contributed by atoms with Crippen LogP contribution in [0.4, 0.5) is 19.0 Å². The van der Waals surface area contributed by atoms with Gasteiger partial charge in [-0.2, -0.15) is 18.3 Å². The van der Waals surface area contributed by atoms with E-state index >= 15 is 0 Å². The number of aromatic nitrogens is 2.